The molecule has 0 aliphatic heterocycles. The number of benzene rings is 1. The fourth-order valence-corrected chi connectivity index (χ4v) is 3.20. The largest absolute Gasteiger partial charge is 0.459 e. The van der Waals surface area contributed by atoms with Crippen LogP contribution in [0.1, 0.15) is 49.1 Å². The van der Waals surface area contributed by atoms with Crippen molar-refractivity contribution in [2.45, 2.75) is 39.8 Å². The molecule has 0 aliphatic carbocycles. The van der Waals surface area contributed by atoms with Gasteiger partial charge >= 0.3 is 0 Å². The lowest BCUT2D eigenvalue weighted by Crippen LogP contribution is -2.26. The molecule has 4 rings (SSSR count). The Bertz CT molecular complexity index is 1110. The Kier molecular flexibility index (Phi) is 4.68. The Balaban J connectivity index is 1.59. The van der Waals surface area contributed by atoms with Gasteiger partial charge in [0.15, 0.2) is 5.76 Å². The summed E-state index contributed by atoms with van der Waals surface area (Å²) in [5, 5.41) is 6.86. The van der Waals surface area contributed by atoms with Crippen molar-refractivity contribution < 1.29 is 13.7 Å². The average Bonchev–Trinajstić information content (AvgIpc) is 3.46. The molecule has 0 saturated carbocycles. The summed E-state index contributed by atoms with van der Waals surface area (Å²) >= 11 is 0. The molecule has 3 heterocycles. The van der Waals surface area contributed by atoms with E-state index in [0.29, 0.717) is 11.7 Å². The third-order valence-electron chi connectivity index (χ3n) is 4.62. The van der Waals surface area contributed by atoms with Crippen LogP contribution in [0.4, 0.5) is 0 Å². The topological polar surface area (TPSA) is 99.0 Å². The van der Waals surface area contributed by atoms with E-state index in [9.17, 15) is 4.79 Å². The zero-order valence-corrected chi connectivity index (χ0v) is 16.0. The van der Waals surface area contributed by atoms with Gasteiger partial charge in [0, 0.05) is 18.5 Å². The van der Waals surface area contributed by atoms with Gasteiger partial charge in [0.2, 0.25) is 11.7 Å². The number of carbonyl (C=O) groups is 1. The summed E-state index contributed by atoms with van der Waals surface area (Å²) in [5.74, 6) is 1.75. The number of hydrogen-bond acceptors (Lipinski definition) is 6. The van der Waals surface area contributed by atoms with Gasteiger partial charge in [-0.3, -0.25) is 4.79 Å². The molecular formula is C20H21N5O3. The summed E-state index contributed by atoms with van der Waals surface area (Å²) in [4.78, 5) is 21.2. The maximum Gasteiger partial charge on any atom is 0.287 e. The molecule has 0 aliphatic rings. The summed E-state index contributed by atoms with van der Waals surface area (Å²) in [6.07, 6.45) is 2.32. The Morgan fingerprint density at radius 3 is 2.82 bits per heavy atom. The number of furan rings is 1. The second-order valence-corrected chi connectivity index (χ2v) is 6.46. The van der Waals surface area contributed by atoms with Crippen molar-refractivity contribution in [1.82, 2.24) is 25.0 Å². The van der Waals surface area contributed by atoms with Crippen LogP contribution >= 0.6 is 0 Å². The highest BCUT2D eigenvalue weighted by atomic mass is 16.5. The fourth-order valence-electron chi connectivity index (χ4n) is 3.20. The van der Waals surface area contributed by atoms with E-state index in [1.807, 2.05) is 18.2 Å². The van der Waals surface area contributed by atoms with E-state index in [-0.39, 0.29) is 11.7 Å². The first-order valence-corrected chi connectivity index (χ1v) is 9.28. The number of fused-ring (bicyclic) bond motifs is 1. The summed E-state index contributed by atoms with van der Waals surface area (Å²) in [7, 11) is 0. The van der Waals surface area contributed by atoms with Gasteiger partial charge < -0.3 is 18.8 Å². The molecule has 28 heavy (non-hydrogen) atoms. The minimum Gasteiger partial charge on any atom is -0.459 e. The Labute approximate surface area is 161 Å². The van der Waals surface area contributed by atoms with E-state index in [1.54, 1.807) is 19.1 Å². The first-order chi connectivity index (χ1) is 13.6. The van der Waals surface area contributed by atoms with Gasteiger partial charge in [-0.15, -0.1) is 0 Å². The van der Waals surface area contributed by atoms with Gasteiger partial charge in [-0.05, 0) is 44.2 Å². The van der Waals surface area contributed by atoms with Crippen molar-refractivity contribution in [3.63, 3.8) is 0 Å². The van der Waals surface area contributed by atoms with Crippen molar-refractivity contribution in [2.75, 3.05) is 0 Å². The SMILES string of the molecule is CCc1nc2ccc(-c3noc([C@H](C)NC(=O)c4ccco4)n3)cc2n1CC. The third kappa shape index (κ3) is 3.17. The number of amides is 1. The monoisotopic (exact) mass is 379 g/mol. The van der Waals surface area contributed by atoms with Crippen LogP contribution in [-0.2, 0) is 13.0 Å². The molecule has 1 N–H and O–H groups in total. The number of aromatic nitrogens is 4. The summed E-state index contributed by atoms with van der Waals surface area (Å²) in [5.41, 5.74) is 2.83. The maximum absolute atomic E-state index is 12.1. The maximum atomic E-state index is 12.1. The van der Waals surface area contributed by atoms with Crippen LogP contribution in [0.2, 0.25) is 0 Å². The molecule has 8 heteroatoms. The molecule has 1 aromatic carbocycles. The van der Waals surface area contributed by atoms with Gasteiger partial charge in [0.25, 0.3) is 5.91 Å². The molecule has 144 valence electrons. The molecule has 0 fully saturated rings. The lowest BCUT2D eigenvalue weighted by molar-refractivity contribution is 0.0904. The molecule has 0 spiro atoms. The van der Waals surface area contributed by atoms with Gasteiger partial charge in [0.1, 0.15) is 11.9 Å². The van der Waals surface area contributed by atoms with Crippen LogP contribution in [0.15, 0.2) is 45.5 Å². The number of nitrogens with zero attached hydrogens (tertiary/aromatic N) is 4. The van der Waals surface area contributed by atoms with Crippen LogP contribution in [0, 0.1) is 0 Å². The van der Waals surface area contributed by atoms with Crippen LogP contribution in [-0.4, -0.2) is 25.6 Å². The summed E-state index contributed by atoms with van der Waals surface area (Å²) in [6, 6.07) is 8.72. The molecule has 0 saturated heterocycles. The zero-order valence-electron chi connectivity index (χ0n) is 16.0. The predicted octanol–water partition coefficient (Wildman–Crippen LogP) is 3.75. The van der Waals surface area contributed by atoms with E-state index in [0.717, 1.165) is 35.4 Å². The number of carbonyl (C=O) groups excluding carboxylic acids is 1. The Hall–Kier alpha value is -3.42. The quantitative estimate of drug-likeness (QED) is 0.548. The van der Waals surface area contributed by atoms with E-state index >= 15 is 0 Å². The first kappa shape index (κ1) is 18.0. The van der Waals surface area contributed by atoms with Gasteiger partial charge in [-0.1, -0.05) is 12.1 Å². The molecular weight excluding hydrogens is 358 g/mol. The van der Waals surface area contributed by atoms with Gasteiger partial charge in [-0.25, -0.2) is 4.98 Å². The third-order valence-corrected chi connectivity index (χ3v) is 4.62. The second-order valence-electron chi connectivity index (χ2n) is 6.46. The predicted molar refractivity (Wildman–Crippen MR) is 103 cm³/mol. The number of nitrogens with one attached hydrogen (secondary N) is 1. The molecule has 1 atom stereocenters. The smallest absolute Gasteiger partial charge is 0.287 e. The van der Waals surface area contributed by atoms with Crippen molar-refractivity contribution in [1.29, 1.82) is 0 Å². The number of hydrogen-bond donors (Lipinski definition) is 1. The number of aryl methyl sites for hydroxylation is 2. The molecule has 4 aromatic rings. The van der Waals surface area contributed by atoms with Crippen LogP contribution in [0.25, 0.3) is 22.4 Å². The van der Waals surface area contributed by atoms with Crippen molar-refractivity contribution >= 4 is 16.9 Å². The number of rotatable bonds is 6. The van der Waals surface area contributed by atoms with Gasteiger partial charge in [-0.2, -0.15) is 4.98 Å². The van der Waals surface area contributed by atoms with Crippen molar-refractivity contribution in [2.24, 2.45) is 0 Å². The zero-order chi connectivity index (χ0) is 19.7. The molecule has 3 aromatic heterocycles. The molecule has 0 radical (unpaired) electrons. The standard InChI is InChI=1S/C20H21N5O3/c1-4-17-22-14-9-8-13(11-15(14)25(17)5-2)18-23-20(28-24-18)12(3)21-19(26)16-7-6-10-27-16/h6-12H,4-5H2,1-3H3,(H,21,26)/t12-/m0/s1. The first-order valence-electron chi connectivity index (χ1n) is 9.28. The molecule has 1 amide bonds. The van der Waals surface area contributed by atoms with Crippen molar-refractivity contribution in [3.05, 3.63) is 54.1 Å². The second kappa shape index (κ2) is 7.30. The molecule has 8 nitrogen and oxygen atoms in total. The van der Waals surface area contributed by atoms with Crippen LogP contribution in [0.5, 0.6) is 0 Å². The van der Waals surface area contributed by atoms with Crippen LogP contribution in [0.3, 0.4) is 0 Å². The van der Waals surface area contributed by atoms with Crippen molar-refractivity contribution in [3.8, 4) is 11.4 Å². The lowest BCUT2D eigenvalue weighted by Gasteiger charge is -2.07. The highest BCUT2D eigenvalue weighted by Crippen LogP contribution is 2.25. The van der Waals surface area contributed by atoms with Crippen LogP contribution < -0.4 is 5.32 Å². The summed E-state index contributed by atoms with van der Waals surface area (Å²) in [6.45, 7) is 6.82. The Morgan fingerprint density at radius 1 is 1.25 bits per heavy atom. The van der Waals surface area contributed by atoms with E-state index < -0.39 is 6.04 Å². The normalized spacial score (nSPS) is 12.4. The molecule has 0 unspecified atom stereocenters. The minimum absolute atomic E-state index is 0.233. The fraction of sp³-hybridized carbons (Fsp3) is 0.300. The van der Waals surface area contributed by atoms with Gasteiger partial charge in [0.05, 0.1) is 17.3 Å². The van der Waals surface area contributed by atoms with E-state index in [2.05, 4.69) is 38.9 Å². The average molecular weight is 379 g/mol. The van der Waals surface area contributed by atoms with E-state index in [4.69, 9.17) is 8.94 Å². The van der Waals surface area contributed by atoms with E-state index in [1.165, 1.54) is 6.26 Å². The summed E-state index contributed by atoms with van der Waals surface area (Å²) < 4.78 is 12.6. The Morgan fingerprint density at radius 2 is 2.11 bits per heavy atom. The highest BCUT2D eigenvalue weighted by molar-refractivity contribution is 5.91. The minimum atomic E-state index is -0.449. The molecule has 0 bridgehead atoms. The lowest BCUT2D eigenvalue weighted by atomic mass is 10.2. The number of imidazole rings is 1. The highest BCUT2D eigenvalue weighted by Gasteiger charge is 2.20.